The van der Waals surface area contributed by atoms with Gasteiger partial charge in [-0.25, -0.2) is 9.93 Å². The van der Waals surface area contributed by atoms with E-state index in [9.17, 15) is 13.2 Å². The molecule has 0 fully saturated rings. The van der Waals surface area contributed by atoms with Gasteiger partial charge in [-0.15, -0.1) is 0 Å². The van der Waals surface area contributed by atoms with Gasteiger partial charge in [0.25, 0.3) is 10.2 Å². The second-order valence-corrected chi connectivity index (χ2v) is 4.65. The van der Waals surface area contributed by atoms with Crippen molar-refractivity contribution in [3.05, 3.63) is 35.9 Å². The van der Waals surface area contributed by atoms with Crippen molar-refractivity contribution in [2.75, 3.05) is 11.3 Å². The maximum absolute atomic E-state index is 11.1. The van der Waals surface area contributed by atoms with E-state index < -0.39 is 16.2 Å². The summed E-state index contributed by atoms with van der Waals surface area (Å²) in [6.07, 6.45) is 2.87. The SMILES string of the molecule is CCOC(=O)/C=C/c1ccc(NS(N)(=O)=O)cc1. The van der Waals surface area contributed by atoms with Gasteiger partial charge in [-0.2, -0.15) is 8.42 Å². The third kappa shape index (κ3) is 5.46. The van der Waals surface area contributed by atoms with Gasteiger partial charge in [-0.3, -0.25) is 4.72 Å². The molecule has 1 aromatic rings. The molecule has 3 N–H and O–H groups in total. The largest absolute Gasteiger partial charge is 0.463 e. The van der Waals surface area contributed by atoms with Gasteiger partial charge in [0, 0.05) is 11.8 Å². The first-order chi connectivity index (χ1) is 8.40. The van der Waals surface area contributed by atoms with Crippen LogP contribution in [-0.4, -0.2) is 21.0 Å². The molecule has 1 rings (SSSR count). The molecule has 1 aromatic carbocycles. The van der Waals surface area contributed by atoms with Crippen molar-refractivity contribution in [1.29, 1.82) is 0 Å². The van der Waals surface area contributed by atoms with Crippen LogP contribution in [0.5, 0.6) is 0 Å². The first-order valence-corrected chi connectivity index (χ1v) is 6.71. The summed E-state index contributed by atoms with van der Waals surface area (Å²) in [5.41, 5.74) is 1.09. The van der Waals surface area contributed by atoms with Crippen LogP contribution in [0.25, 0.3) is 6.08 Å². The maximum atomic E-state index is 11.1. The molecule has 0 aromatic heterocycles. The third-order valence-corrected chi connectivity index (χ3v) is 2.39. The fourth-order valence-corrected chi connectivity index (χ4v) is 1.65. The first-order valence-electron chi connectivity index (χ1n) is 5.16. The monoisotopic (exact) mass is 270 g/mol. The van der Waals surface area contributed by atoms with Crippen LogP contribution in [0.15, 0.2) is 30.3 Å². The molecule has 0 unspecified atom stereocenters. The summed E-state index contributed by atoms with van der Waals surface area (Å²) in [5, 5.41) is 4.82. The number of benzene rings is 1. The van der Waals surface area contributed by atoms with Crippen molar-refractivity contribution in [3.8, 4) is 0 Å². The molecule has 0 amide bonds. The zero-order chi connectivity index (χ0) is 13.6. The number of ether oxygens (including phenoxy) is 1. The molecule has 18 heavy (non-hydrogen) atoms. The van der Waals surface area contributed by atoms with E-state index in [1.54, 1.807) is 25.1 Å². The van der Waals surface area contributed by atoms with Crippen LogP contribution in [0.4, 0.5) is 5.69 Å². The molecule has 0 aliphatic rings. The fraction of sp³-hybridized carbons (Fsp3) is 0.182. The van der Waals surface area contributed by atoms with Crippen molar-refractivity contribution in [2.45, 2.75) is 6.92 Å². The Morgan fingerprint density at radius 3 is 2.50 bits per heavy atom. The predicted octanol–water partition coefficient (Wildman–Crippen LogP) is 0.878. The topological polar surface area (TPSA) is 98.5 Å². The van der Waals surface area contributed by atoms with E-state index in [1.807, 2.05) is 0 Å². The van der Waals surface area contributed by atoms with Gasteiger partial charge in [0.1, 0.15) is 0 Å². The van der Waals surface area contributed by atoms with Crippen LogP contribution in [-0.2, 0) is 19.7 Å². The second kappa shape index (κ2) is 6.18. The Morgan fingerprint density at radius 1 is 1.39 bits per heavy atom. The zero-order valence-corrected chi connectivity index (χ0v) is 10.6. The number of anilines is 1. The number of nitrogens with one attached hydrogen (secondary N) is 1. The van der Waals surface area contributed by atoms with E-state index in [1.165, 1.54) is 18.2 Å². The van der Waals surface area contributed by atoms with Crippen molar-refractivity contribution in [2.24, 2.45) is 5.14 Å². The molecule has 0 aliphatic carbocycles. The number of carbonyl (C=O) groups is 1. The van der Waals surface area contributed by atoms with Crippen LogP contribution in [0, 0.1) is 0 Å². The molecule has 0 bridgehead atoms. The summed E-state index contributed by atoms with van der Waals surface area (Å²) in [6, 6.07) is 6.36. The quantitative estimate of drug-likeness (QED) is 0.613. The number of carbonyl (C=O) groups excluding carboxylic acids is 1. The van der Waals surface area contributed by atoms with Crippen LogP contribution in [0.3, 0.4) is 0 Å². The zero-order valence-electron chi connectivity index (χ0n) is 9.79. The van der Waals surface area contributed by atoms with Gasteiger partial charge in [0.05, 0.1) is 6.61 Å². The predicted molar refractivity (Wildman–Crippen MR) is 68.8 cm³/mol. The Labute approximate surface area is 106 Å². The highest BCUT2D eigenvalue weighted by molar-refractivity contribution is 7.90. The lowest BCUT2D eigenvalue weighted by molar-refractivity contribution is -0.137. The average Bonchev–Trinajstić information content (AvgIpc) is 2.26. The molecular weight excluding hydrogens is 256 g/mol. The molecule has 0 aliphatic heterocycles. The minimum Gasteiger partial charge on any atom is -0.463 e. The van der Waals surface area contributed by atoms with Gasteiger partial charge in [0.15, 0.2) is 0 Å². The lowest BCUT2D eigenvalue weighted by Gasteiger charge is -2.03. The number of nitrogens with two attached hydrogens (primary N) is 1. The van der Waals surface area contributed by atoms with Crippen molar-refractivity contribution >= 4 is 27.9 Å². The summed E-state index contributed by atoms with van der Waals surface area (Å²) in [5.74, 6) is -0.427. The van der Waals surface area contributed by atoms with Gasteiger partial charge in [-0.05, 0) is 30.7 Å². The Balaban J connectivity index is 2.69. The third-order valence-electron chi connectivity index (χ3n) is 1.87. The van der Waals surface area contributed by atoms with E-state index in [-0.39, 0.29) is 0 Å². The Hall–Kier alpha value is -1.86. The standard InChI is InChI=1S/C11H14N2O4S/c1-2-17-11(14)8-5-9-3-6-10(7-4-9)13-18(12,15)16/h3-8,13H,2H2,1H3,(H2,12,15,16)/b8-5+. The van der Waals surface area contributed by atoms with Crippen molar-refractivity contribution < 1.29 is 17.9 Å². The average molecular weight is 270 g/mol. The first kappa shape index (κ1) is 14.2. The summed E-state index contributed by atoms with van der Waals surface area (Å²) in [4.78, 5) is 11.1. The van der Waals surface area contributed by atoms with Gasteiger partial charge < -0.3 is 4.74 Å². The molecule has 6 nitrogen and oxygen atoms in total. The lowest BCUT2D eigenvalue weighted by atomic mass is 10.2. The molecule has 7 heteroatoms. The fourth-order valence-electron chi connectivity index (χ4n) is 1.18. The highest BCUT2D eigenvalue weighted by Crippen LogP contribution is 2.11. The normalized spacial score (nSPS) is 11.4. The molecule has 0 radical (unpaired) electrons. The van der Waals surface area contributed by atoms with E-state index in [0.29, 0.717) is 12.3 Å². The minimum absolute atomic E-state index is 0.320. The second-order valence-electron chi connectivity index (χ2n) is 3.35. The van der Waals surface area contributed by atoms with Gasteiger partial charge >= 0.3 is 5.97 Å². The number of hydrogen-bond acceptors (Lipinski definition) is 4. The van der Waals surface area contributed by atoms with Crippen LogP contribution in [0.2, 0.25) is 0 Å². The number of hydrogen-bond donors (Lipinski definition) is 2. The van der Waals surface area contributed by atoms with Crippen molar-refractivity contribution in [1.82, 2.24) is 0 Å². The smallest absolute Gasteiger partial charge is 0.330 e. The molecule has 0 saturated carbocycles. The van der Waals surface area contributed by atoms with E-state index in [4.69, 9.17) is 9.88 Å². The van der Waals surface area contributed by atoms with Crippen LogP contribution < -0.4 is 9.86 Å². The molecule has 0 saturated heterocycles. The minimum atomic E-state index is -3.77. The Kier molecular flexibility index (Phi) is 4.87. The summed E-state index contributed by atoms with van der Waals surface area (Å²) in [6.45, 7) is 2.04. The van der Waals surface area contributed by atoms with Crippen LogP contribution in [0.1, 0.15) is 12.5 Å². The van der Waals surface area contributed by atoms with E-state index in [2.05, 4.69) is 4.72 Å². The molecule has 0 atom stereocenters. The van der Waals surface area contributed by atoms with Crippen LogP contribution >= 0.6 is 0 Å². The molecule has 0 spiro atoms. The number of esters is 1. The Bertz CT molecular complexity index is 535. The highest BCUT2D eigenvalue weighted by atomic mass is 32.2. The Morgan fingerprint density at radius 2 is 2.00 bits per heavy atom. The van der Waals surface area contributed by atoms with Crippen molar-refractivity contribution in [3.63, 3.8) is 0 Å². The number of rotatable bonds is 5. The summed E-state index contributed by atoms with van der Waals surface area (Å²) in [7, 11) is -3.77. The van der Waals surface area contributed by atoms with Gasteiger partial charge in [0.2, 0.25) is 0 Å². The summed E-state index contributed by atoms with van der Waals surface area (Å²) < 4.78 is 28.4. The highest BCUT2D eigenvalue weighted by Gasteiger charge is 2.01. The van der Waals surface area contributed by atoms with E-state index >= 15 is 0 Å². The lowest BCUT2D eigenvalue weighted by Crippen LogP contribution is -2.21. The summed E-state index contributed by atoms with van der Waals surface area (Å²) >= 11 is 0. The molecule has 98 valence electrons. The maximum Gasteiger partial charge on any atom is 0.330 e. The van der Waals surface area contributed by atoms with E-state index in [0.717, 1.165) is 5.56 Å². The molecular formula is C11H14N2O4S. The van der Waals surface area contributed by atoms with Gasteiger partial charge in [-0.1, -0.05) is 12.1 Å². The molecule has 0 heterocycles.